The molecular weight excluding hydrogens is 402 g/mol. The Morgan fingerprint density at radius 2 is 1.61 bits per heavy atom. The molecule has 1 aromatic heterocycles. The van der Waals surface area contributed by atoms with Gasteiger partial charge in [0.25, 0.3) is 0 Å². The summed E-state index contributed by atoms with van der Waals surface area (Å²) in [6.07, 6.45) is 0.417. The molecule has 0 fully saturated rings. The minimum Gasteiger partial charge on any atom is -0.332 e. The van der Waals surface area contributed by atoms with Crippen molar-refractivity contribution in [2.75, 3.05) is 11.1 Å². The van der Waals surface area contributed by atoms with Crippen molar-refractivity contribution in [1.29, 1.82) is 0 Å². The zero-order valence-corrected chi connectivity index (χ0v) is 18.5. The lowest BCUT2D eigenvalue weighted by molar-refractivity contribution is -0.115. The summed E-state index contributed by atoms with van der Waals surface area (Å²) in [4.78, 5) is 20.7. The van der Waals surface area contributed by atoms with Gasteiger partial charge in [-0.1, -0.05) is 90.1 Å². The number of imidazole rings is 1. The molecule has 0 aliphatic heterocycles. The Balaban J connectivity index is 1.45. The molecule has 3 aromatic carbocycles. The highest BCUT2D eigenvalue weighted by Crippen LogP contribution is 2.32. The molecule has 2 N–H and O–H groups in total. The van der Waals surface area contributed by atoms with Crippen LogP contribution in [0.3, 0.4) is 0 Å². The summed E-state index contributed by atoms with van der Waals surface area (Å²) in [5, 5.41) is 3.83. The van der Waals surface area contributed by atoms with E-state index in [-0.39, 0.29) is 5.91 Å². The van der Waals surface area contributed by atoms with Gasteiger partial charge in [0.1, 0.15) is 0 Å². The van der Waals surface area contributed by atoms with E-state index in [1.54, 1.807) is 11.8 Å². The third-order valence-corrected chi connectivity index (χ3v) is 5.89. The van der Waals surface area contributed by atoms with E-state index in [2.05, 4.69) is 40.6 Å². The fourth-order valence-corrected chi connectivity index (χ4v) is 4.26. The molecule has 0 saturated heterocycles. The van der Waals surface area contributed by atoms with Crippen LogP contribution >= 0.6 is 11.8 Å². The summed E-state index contributed by atoms with van der Waals surface area (Å²) in [5.41, 5.74) is 7.21. The van der Waals surface area contributed by atoms with Gasteiger partial charge in [-0.15, -0.1) is 0 Å². The number of aryl methyl sites for hydroxylation is 2. The second kappa shape index (κ2) is 9.67. The fraction of sp³-hybridized carbons (Fsp3) is 0.154. The number of benzene rings is 3. The van der Waals surface area contributed by atoms with E-state index in [1.807, 2.05) is 62.4 Å². The van der Waals surface area contributed by atoms with Crippen LogP contribution in [0.2, 0.25) is 0 Å². The Bertz CT molecular complexity index is 1110. The van der Waals surface area contributed by atoms with Crippen LogP contribution in [-0.2, 0) is 4.79 Å². The third kappa shape index (κ3) is 5.25. The van der Waals surface area contributed by atoms with Crippen LogP contribution in [0.25, 0.3) is 22.5 Å². The van der Waals surface area contributed by atoms with Gasteiger partial charge in [-0.05, 0) is 25.5 Å². The van der Waals surface area contributed by atoms with Crippen LogP contribution < -0.4 is 5.32 Å². The van der Waals surface area contributed by atoms with Crippen molar-refractivity contribution in [2.24, 2.45) is 0 Å². The second-order valence-electron chi connectivity index (χ2n) is 7.46. The zero-order valence-electron chi connectivity index (χ0n) is 17.7. The van der Waals surface area contributed by atoms with Crippen LogP contribution in [0.1, 0.15) is 17.5 Å². The highest BCUT2D eigenvalue weighted by Gasteiger charge is 2.14. The minimum atomic E-state index is 0.0116. The number of nitrogens with zero attached hydrogens (tertiary/aromatic N) is 1. The molecule has 0 spiro atoms. The van der Waals surface area contributed by atoms with Crippen LogP contribution in [0.15, 0.2) is 84.0 Å². The SMILES string of the molecule is Cc1ccc(NC(=O)CCSc2nc(-c3ccccc3)c(-c3ccccc3)[nH]2)c(C)c1. The van der Waals surface area contributed by atoms with Gasteiger partial charge >= 0.3 is 0 Å². The third-order valence-electron chi connectivity index (χ3n) is 5.02. The molecule has 4 aromatic rings. The van der Waals surface area contributed by atoms with Crippen molar-refractivity contribution in [3.05, 3.63) is 90.0 Å². The van der Waals surface area contributed by atoms with Crippen LogP contribution in [-0.4, -0.2) is 21.6 Å². The van der Waals surface area contributed by atoms with Crippen LogP contribution in [0.4, 0.5) is 5.69 Å². The van der Waals surface area contributed by atoms with Gasteiger partial charge in [0.2, 0.25) is 5.91 Å². The lowest BCUT2D eigenvalue weighted by Gasteiger charge is -2.08. The zero-order chi connectivity index (χ0) is 21.6. The largest absolute Gasteiger partial charge is 0.332 e. The van der Waals surface area contributed by atoms with Gasteiger partial charge < -0.3 is 10.3 Å². The number of anilines is 1. The van der Waals surface area contributed by atoms with Crippen molar-refractivity contribution >= 4 is 23.4 Å². The topological polar surface area (TPSA) is 57.8 Å². The normalized spacial score (nSPS) is 10.8. The molecule has 1 heterocycles. The number of aromatic nitrogens is 2. The smallest absolute Gasteiger partial charge is 0.225 e. The summed E-state index contributed by atoms with van der Waals surface area (Å²) < 4.78 is 0. The maximum absolute atomic E-state index is 12.4. The fourth-order valence-electron chi connectivity index (χ4n) is 3.45. The van der Waals surface area contributed by atoms with Crippen molar-refractivity contribution in [3.8, 4) is 22.5 Å². The highest BCUT2D eigenvalue weighted by molar-refractivity contribution is 7.99. The molecular formula is C26H25N3OS. The first kappa shape index (κ1) is 20.9. The Morgan fingerprint density at radius 1 is 0.935 bits per heavy atom. The number of rotatable bonds is 7. The predicted octanol–water partition coefficient (Wildman–Crippen LogP) is 6.48. The number of hydrogen-bond donors (Lipinski definition) is 2. The molecule has 4 rings (SSSR count). The van der Waals surface area contributed by atoms with E-state index in [0.717, 1.165) is 38.9 Å². The highest BCUT2D eigenvalue weighted by atomic mass is 32.2. The maximum atomic E-state index is 12.4. The molecule has 31 heavy (non-hydrogen) atoms. The molecule has 0 unspecified atom stereocenters. The summed E-state index contributed by atoms with van der Waals surface area (Å²) in [5.74, 6) is 0.657. The average Bonchev–Trinajstić information content (AvgIpc) is 3.21. The maximum Gasteiger partial charge on any atom is 0.225 e. The monoisotopic (exact) mass is 427 g/mol. The summed E-state index contributed by atoms with van der Waals surface area (Å²) in [7, 11) is 0. The van der Waals surface area contributed by atoms with Gasteiger partial charge in [-0.2, -0.15) is 0 Å². The van der Waals surface area contributed by atoms with Crippen molar-refractivity contribution in [2.45, 2.75) is 25.4 Å². The van der Waals surface area contributed by atoms with E-state index < -0.39 is 0 Å². The van der Waals surface area contributed by atoms with E-state index in [4.69, 9.17) is 4.98 Å². The van der Waals surface area contributed by atoms with Crippen molar-refractivity contribution in [1.82, 2.24) is 9.97 Å². The Morgan fingerprint density at radius 3 is 2.29 bits per heavy atom. The van der Waals surface area contributed by atoms with Crippen LogP contribution in [0.5, 0.6) is 0 Å². The summed E-state index contributed by atoms with van der Waals surface area (Å²) in [6, 6.07) is 26.4. The predicted molar refractivity (Wildman–Crippen MR) is 129 cm³/mol. The molecule has 0 saturated carbocycles. The average molecular weight is 428 g/mol. The standard InChI is InChI=1S/C26H25N3OS/c1-18-13-14-22(19(2)17-18)27-23(30)15-16-31-26-28-24(20-9-5-3-6-10-20)25(29-26)21-11-7-4-8-12-21/h3-14,17H,15-16H2,1-2H3,(H,27,30)(H,28,29). The number of amides is 1. The van der Waals surface area contributed by atoms with Gasteiger partial charge in [-0.25, -0.2) is 4.98 Å². The van der Waals surface area contributed by atoms with E-state index in [9.17, 15) is 4.79 Å². The Labute approximate surface area is 187 Å². The van der Waals surface area contributed by atoms with Gasteiger partial charge in [0.05, 0.1) is 11.4 Å². The summed E-state index contributed by atoms with van der Waals surface area (Å²) in [6.45, 7) is 4.06. The van der Waals surface area contributed by atoms with E-state index in [1.165, 1.54) is 5.56 Å². The first-order valence-electron chi connectivity index (χ1n) is 10.3. The summed E-state index contributed by atoms with van der Waals surface area (Å²) >= 11 is 1.56. The van der Waals surface area contributed by atoms with Gasteiger partial charge in [-0.3, -0.25) is 4.79 Å². The molecule has 0 radical (unpaired) electrons. The number of carbonyl (C=O) groups excluding carboxylic acids is 1. The minimum absolute atomic E-state index is 0.0116. The lowest BCUT2D eigenvalue weighted by atomic mass is 10.1. The number of nitrogens with one attached hydrogen (secondary N) is 2. The lowest BCUT2D eigenvalue weighted by Crippen LogP contribution is -2.13. The molecule has 0 aliphatic rings. The Hall–Kier alpha value is -3.31. The quantitative estimate of drug-likeness (QED) is 0.332. The van der Waals surface area contributed by atoms with Gasteiger partial charge in [0, 0.05) is 29.0 Å². The first-order chi connectivity index (χ1) is 15.1. The first-order valence-corrected chi connectivity index (χ1v) is 11.3. The molecule has 0 aliphatic carbocycles. The van der Waals surface area contributed by atoms with E-state index in [0.29, 0.717) is 12.2 Å². The molecule has 156 valence electrons. The number of thioether (sulfide) groups is 1. The van der Waals surface area contributed by atoms with Gasteiger partial charge in [0.15, 0.2) is 5.16 Å². The van der Waals surface area contributed by atoms with Crippen molar-refractivity contribution in [3.63, 3.8) is 0 Å². The molecule has 5 heteroatoms. The molecule has 0 atom stereocenters. The number of aromatic amines is 1. The van der Waals surface area contributed by atoms with Crippen LogP contribution in [0, 0.1) is 13.8 Å². The number of hydrogen-bond acceptors (Lipinski definition) is 3. The van der Waals surface area contributed by atoms with E-state index >= 15 is 0 Å². The molecule has 1 amide bonds. The molecule has 4 nitrogen and oxygen atoms in total. The number of H-pyrrole nitrogens is 1. The number of carbonyl (C=O) groups is 1. The van der Waals surface area contributed by atoms with Crippen molar-refractivity contribution < 1.29 is 4.79 Å². The molecule has 0 bridgehead atoms. The second-order valence-corrected chi connectivity index (χ2v) is 8.55. The Kier molecular flexibility index (Phi) is 6.53.